The summed E-state index contributed by atoms with van der Waals surface area (Å²) in [6.45, 7) is 1.17. The molecule has 1 heterocycles. The van der Waals surface area contributed by atoms with Crippen molar-refractivity contribution < 1.29 is 22.7 Å². The Morgan fingerprint density at radius 2 is 1.91 bits per heavy atom. The molecule has 0 aliphatic heterocycles. The van der Waals surface area contributed by atoms with Crippen LogP contribution in [0, 0.1) is 6.92 Å². The smallest absolute Gasteiger partial charge is 0.343 e. The van der Waals surface area contributed by atoms with Crippen LogP contribution in [0.2, 0.25) is 0 Å². The first kappa shape index (κ1) is 16.0. The van der Waals surface area contributed by atoms with Gasteiger partial charge in [0, 0.05) is 7.05 Å². The molecule has 0 N–H and O–H groups in total. The third-order valence-corrected chi connectivity index (χ3v) is 4.89. The van der Waals surface area contributed by atoms with Crippen molar-refractivity contribution in [3.63, 3.8) is 0 Å². The summed E-state index contributed by atoms with van der Waals surface area (Å²) in [5.74, 6) is -0.603. The molecule has 0 spiro atoms. The summed E-state index contributed by atoms with van der Waals surface area (Å²) in [7, 11) is -1.03. The lowest BCUT2D eigenvalue weighted by Gasteiger charge is -2.09. The first-order valence-electron chi connectivity index (χ1n) is 6.41. The number of rotatable bonds is 5. The summed E-state index contributed by atoms with van der Waals surface area (Å²) in [4.78, 5) is 11.3. The van der Waals surface area contributed by atoms with Gasteiger partial charge in [-0.1, -0.05) is 18.2 Å². The van der Waals surface area contributed by atoms with Gasteiger partial charge in [0.2, 0.25) is 15.7 Å². The number of ether oxygens (including phenoxy) is 2. The lowest BCUT2D eigenvalue weighted by Crippen LogP contribution is -2.15. The zero-order valence-electron chi connectivity index (χ0n) is 12.4. The molecule has 0 saturated heterocycles. The standard InChI is InChI=1S/C14H16N2O5S/c1-10-13(22(18,19)11-7-5-4-6-8-11)14(16(2)15-10)21-9-12(17)20-3/h4-8H,9H2,1-3H3. The average Bonchev–Trinajstić information content (AvgIpc) is 2.80. The van der Waals surface area contributed by atoms with Crippen LogP contribution in [0.25, 0.3) is 0 Å². The minimum Gasteiger partial charge on any atom is -0.466 e. The van der Waals surface area contributed by atoms with Crippen LogP contribution >= 0.6 is 0 Å². The van der Waals surface area contributed by atoms with E-state index in [1.807, 2.05) is 0 Å². The first-order chi connectivity index (χ1) is 10.4. The molecule has 118 valence electrons. The Morgan fingerprint density at radius 3 is 2.50 bits per heavy atom. The van der Waals surface area contributed by atoms with E-state index >= 15 is 0 Å². The van der Waals surface area contributed by atoms with Crippen molar-refractivity contribution in [2.75, 3.05) is 13.7 Å². The zero-order chi connectivity index (χ0) is 16.3. The molecule has 0 aliphatic rings. The number of nitrogens with zero attached hydrogens (tertiary/aromatic N) is 2. The maximum Gasteiger partial charge on any atom is 0.343 e. The summed E-state index contributed by atoms with van der Waals surface area (Å²) >= 11 is 0. The van der Waals surface area contributed by atoms with Gasteiger partial charge in [0.1, 0.15) is 0 Å². The second kappa shape index (κ2) is 6.18. The fourth-order valence-corrected chi connectivity index (χ4v) is 3.59. The molecule has 0 fully saturated rings. The Bertz CT molecular complexity index is 781. The minimum atomic E-state index is -3.79. The molecule has 0 atom stereocenters. The van der Waals surface area contributed by atoms with Crippen LogP contribution in [-0.4, -0.2) is 37.9 Å². The Labute approximate surface area is 128 Å². The lowest BCUT2D eigenvalue weighted by molar-refractivity contribution is -0.143. The van der Waals surface area contributed by atoms with Crippen molar-refractivity contribution in [3.05, 3.63) is 36.0 Å². The summed E-state index contributed by atoms with van der Waals surface area (Å²) in [5, 5.41) is 4.07. The number of methoxy groups -OCH3 is 1. The number of carbonyl (C=O) groups is 1. The van der Waals surface area contributed by atoms with Gasteiger partial charge in [0.15, 0.2) is 11.5 Å². The molecule has 7 nitrogen and oxygen atoms in total. The van der Waals surface area contributed by atoms with Gasteiger partial charge in [0.25, 0.3) is 0 Å². The van der Waals surface area contributed by atoms with Gasteiger partial charge in [-0.2, -0.15) is 5.10 Å². The monoisotopic (exact) mass is 324 g/mol. The van der Waals surface area contributed by atoms with E-state index in [1.54, 1.807) is 32.2 Å². The predicted molar refractivity (Wildman–Crippen MR) is 77.3 cm³/mol. The van der Waals surface area contributed by atoms with Gasteiger partial charge >= 0.3 is 5.97 Å². The van der Waals surface area contributed by atoms with Crippen LogP contribution in [0.15, 0.2) is 40.1 Å². The first-order valence-corrected chi connectivity index (χ1v) is 7.89. The van der Waals surface area contributed by atoms with E-state index in [1.165, 1.54) is 23.9 Å². The number of benzene rings is 1. The van der Waals surface area contributed by atoms with Gasteiger partial charge < -0.3 is 9.47 Å². The largest absolute Gasteiger partial charge is 0.466 e. The molecule has 0 amide bonds. The maximum atomic E-state index is 12.8. The van der Waals surface area contributed by atoms with Gasteiger partial charge in [-0.05, 0) is 19.1 Å². The van der Waals surface area contributed by atoms with Gasteiger partial charge in [-0.15, -0.1) is 0 Å². The summed E-state index contributed by atoms with van der Waals surface area (Å²) in [5.41, 5.74) is 0.297. The highest BCUT2D eigenvalue weighted by Crippen LogP contribution is 2.31. The molecule has 0 radical (unpaired) electrons. The third kappa shape index (κ3) is 2.96. The average molecular weight is 324 g/mol. The quantitative estimate of drug-likeness (QED) is 0.766. The van der Waals surface area contributed by atoms with Crippen molar-refractivity contribution >= 4 is 15.8 Å². The van der Waals surface area contributed by atoms with E-state index in [0.29, 0.717) is 5.69 Å². The zero-order valence-corrected chi connectivity index (χ0v) is 13.3. The van der Waals surface area contributed by atoms with Gasteiger partial charge in [0.05, 0.1) is 17.7 Å². The topological polar surface area (TPSA) is 87.5 Å². The third-order valence-electron chi connectivity index (χ3n) is 2.99. The predicted octanol–water partition coefficient (Wildman–Crippen LogP) is 1.11. The second-order valence-electron chi connectivity index (χ2n) is 4.52. The number of hydrogen-bond acceptors (Lipinski definition) is 6. The van der Waals surface area contributed by atoms with E-state index in [2.05, 4.69) is 9.84 Å². The van der Waals surface area contributed by atoms with E-state index in [9.17, 15) is 13.2 Å². The SMILES string of the molecule is COC(=O)COc1c(S(=O)(=O)c2ccccc2)c(C)nn1C. The molecule has 8 heteroatoms. The maximum absolute atomic E-state index is 12.8. The number of esters is 1. The number of hydrogen-bond donors (Lipinski definition) is 0. The Balaban J connectivity index is 2.49. The molecule has 2 aromatic rings. The molecule has 1 aromatic heterocycles. The van der Waals surface area contributed by atoms with Gasteiger partial charge in [-0.25, -0.2) is 17.9 Å². The molecular formula is C14H16N2O5S. The molecule has 0 unspecified atom stereocenters. The molecule has 2 rings (SSSR count). The van der Waals surface area contributed by atoms with Crippen LogP contribution in [0.4, 0.5) is 0 Å². The van der Waals surface area contributed by atoms with E-state index in [4.69, 9.17) is 4.74 Å². The van der Waals surface area contributed by atoms with Crippen molar-refractivity contribution in [1.82, 2.24) is 9.78 Å². The van der Waals surface area contributed by atoms with Crippen LogP contribution in [0.5, 0.6) is 5.88 Å². The van der Waals surface area contributed by atoms with Crippen LogP contribution < -0.4 is 4.74 Å². The summed E-state index contributed by atoms with van der Waals surface area (Å²) in [6, 6.07) is 7.97. The fraction of sp³-hybridized carbons (Fsp3) is 0.286. The fourth-order valence-electron chi connectivity index (χ4n) is 1.99. The Hall–Kier alpha value is -2.35. The lowest BCUT2D eigenvalue weighted by atomic mass is 10.4. The number of aromatic nitrogens is 2. The highest BCUT2D eigenvalue weighted by molar-refractivity contribution is 7.91. The Kier molecular flexibility index (Phi) is 4.51. The normalized spacial score (nSPS) is 11.2. The van der Waals surface area contributed by atoms with E-state index < -0.39 is 22.4 Å². The summed E-state index contributed by atoms with van der Waals surface area (Å²) in [6.07, 6.45) is 0. The van der Waals surface area contributed by atoms with Crippen LogP contribution in [-0.2, 0) is 26.4 Å². The minimum absolute atomic E-state index is 0.00625. The van der Waals surface area contributed by atoms with Gasteiger partial charge in [-0.3, -0.25) is 0 Å². The molecular weight excluding hydrogens is 308 g/mol. The molecule has 0 bridgehead atoms. The van der Waals surface area contributed by atoms with Crippen LogP contribution in [0.3, 0.4) is 0 Å². The highest BCUT2D eigenvalue weighted by atomic mass is 32.2. The molecule has 1 aromatic carbocycles. The van der Waals surface area contributed by atoms with E-state index in [0.717, 1.165) is 0 Å². The number of aryl methyl sites for hydroxylation is 2. The molecule has 0 saturated carbocycles. The van der Waals surface area contributed by atoms with Crippen LogP contribution in [0.1, 0.15) is 5.69 Å². The number of sulfone groups is 1. The Morgan fingerprint density at radius 1 is 1.27 bits per heavy atom. The summed E-state index contributed by atoms with van der Waals surface area (Å²) < 4.78 is 36.6. The van der Waals surface area contributed by atoms with Crippen molar-refractivity contribution in [1.29, 1.82) is 0 Å². The number of carbonyl (C=O) groups excluding carboxylic acids is 1. The van der Waals surface area contributed by atoms with E-state index in [-0.39, 0.29) is 15.7 Å². The highest BCUT2D eigenvalue weighted by Gasteiger charge is 2.29. The van der Waals surface area contributed by atoms with Crippen molar-refractivity contribution in [2.45, 2.75) is 16.7 Å². The van der Waals surface area contributed by atoms with Crippen molar-refractivity contribution in [3.8, 4) is 5.88 Å². The molecule has 0 aliphatic carbocycles. The molecule has 22 heavy (non-hydrogen) atoms. The second-order valence-corrected chi connectivity index (χ2v) is 6.41. The van der Waals surface area contributed by atoms with Crippen molar-refractivity contribution in [2.24, 2.45) is 7.05 Å².